The molecule has 6 heteroatoms. The molecule has 0 bridgehead atoms. The summed E-state index contributed by atoms with van der Waals surface area (Å²) in [5.74, 6) is 1.72. The molecule has 0 spiro atoms. The molecule has 4 nitrogen and oxygen atoms in total. The molecule has 144 valence electrons. The van der Waals surface area contributed by atoms with E-state index in [1.54, 1.807) is 7.11 Å². The number of carbonyl (C=O) groups is 1. The van der Waals surface area contributed by atoms with E-state index in [-0.39, 0.29) is 5.91 Å². The van der Waals surface area contributed by atoms with E-state index < -0.39 is 0 Å². The number of ether oxygens (including phenoxy) is 1. The predicted octanol–water partition coefficient (Wildman–Crippen LogP) is 5.97. The monoisotopic (exact) mass is 410 g/mol. The molecule has 0 saturated carbocycles. The zero-order chi connectivity index (χ0) is 19.8. The van der Waals surface area contributed by atoms with Gasteiger partial charge in [-0.1, -0.05) is 19.1 Å². The highest BCUT2D eigenvalue weighted by molar-refractivity contribution is 7.99. The summed E-state index contributed by atoms with van der Waals surface area (Å²) < 4.78 is 5.17. The highest BCUT2D eigenvalue weighted by atomic mass is 32.2. The zero-order valence-electron chi connectivity index (χ0n) is 15.8. The Hall–Kier alpha value is -2.57. The fraction of sp³-hybridized carbons (Fsp3) is 0.182. The van der Waals surface area contributed by atoms with Crippen LogP contribution in [0.15, 0.2) is 64.9 Å². The van der Waals surface area contributed by atoms with Gasteiger partial charge in [0.2, 0.25) is 5.91 Å². The molecule has 0 saturated heterocycles. The van der Waals surface area contributed by atoms with Crippen LogP contribution in [0, 0.1) is 0 Å². The van der Waals surface area contributed by atoms with Crippen LogP contribution in [0.4, 0.5) is 5.13 Å². The van der Waals surface area contributed by atoms with Gasteiger partial charge >= 0.3 is 0 Å². The third-order valence-electron chi connectivity index (χ3n) is 3.90. The fourth-order valence-electron chi connectivity index (χ4n) is 2.44. The molecule has 0 fully saturated rings. The number of rotatable bonds is 8. The van der Waals surface area contributed by atoms with Crippen LogP contribution in [0.2, 0.25) is 0 Å². The quantitative estimate of drug-likeness (QED) is 0.367. The molecule has 0 aliphatic rings. The lowest BCUT2D eigenvalue weighted by Gasteiger charge is -2.01. The van der Waals surface area contributed by atoms with Gasteiger partial charge in [0.05, 0.1) is 12.8 Å². The van der Waals surface area contributed by atoms with Crippen molar-refractivity contribution in [1.29, 1.82) is 0 Å². The van der Waals surface area contributed by atoms with Crippen LogP contribution in [0.5, 0.6) is 5.75 Å². The second-order valence-corrected chi connectivity index (χ2v) is 8.03. The van der Waals surface area contributed by atoms with Gasteiger partial charge in [-0.25, -0.2) is 4.98 Å². The summed E-state index contributed by atoms with van der Waals surface area (Å²) in [6.07, 6.45) is 4.49. The van der Waals surface area contributed by atoms with Crippen LogP contribution in [-0.4, -0.2) is 23.8 Å². The van der Waals surface area contributed by atoms with Crippen molar-refractivity contribution in [2.24, 2.45) is 0 Å². The number of benzene rings is 2. The molecule has 3 aromatic rings. The van der Waals surface area contributed by atoms with Crippen molar-refractivity contribution < 1.29 is 9.53 Å². The van der Waals surface area contributed by atoms with Crippen molar-refractivity contribution in [1.82, 2.24) is 4.98 Å². The molecule has 28 heavy (non-hydrogen) atoms. The largest absolute Gasteiger partial charge is 0.497 e. The lowest BCUT2D eigenvalue weighted by Crippen LogP contribution is -2.07. The van der Waals surface area contributed by atoms with Crippen molar-refractivity contribution in [3.8, 4) is 17.0 Å². The van der Waals surface area contributed by atoms with Gasteiger partial charge in [0.25, 0.3) is 0 Å². The molecule has 0 unspecified atom stereocenters. The molecule has 0 atom stereocenters. The minimum absolute atomic E-state index is 0.194. The van der Waals surface area contributed by atoms with Gasteiger partial charge in [-0.2, -0.15) is 0 Å². The van der Waals surface area contributed by atoms with Gasteiger partial charge in [-0.05, 0) is 60.2 Å². The highest BCUT2D eigenvalue weighted by Gasteiger charge is 2.06. The molecule has 1 amide bonds. The Morgan fingerprint density at radius 2 is 1.93 bits per heavy atom. The topological polar surface area (TPSA) is 51.2 Å². The summed E-state index contributed by atoms with van der Waals surface area (Å²) in [7, 11) is 1.64. The Bertz CT molecular complexity index is 932. The van der Waals surface area contributed by atoms with E-state index in [1.165, 1.54) is 22.3 Å². The summed E-state index contributed by atoms with van der Waals surface area (Å²) >= 11 is 3.24. The normalized spacial score (nSPS) is 10.9. The average molecular weight is 411 g/mol. The molecular weight excluding hydrogens is 388 g/mol. The SMILES string of the molecule is CCCSc1ccc(/C=C/C(=O)Nc2nc(-c3ccc(OC)cc3)cs2)cc1. The second-order valence-electron chi connectivity index (χ2n) is 6.01. The number of nitrogens with zero attached hydrogens (tertiary/aromatic N) is 1. The zero-order valence-corrected chi connectivity index (χ0v) is 17.5. The van der Waals surface area contributed by atoms with E-state index in [0.717, 1.165) is 34.7 Å². The van der Waals surface area contributed by atoms with Gasteiger partial charge in [0, 0.05) is 21.9 Å². The van der Waals surface area contributed by atoms with Crippen LogP contribution < -0.4 is 10.1 Å². The molecule has 0 aliphatic carbocycles. The van der Waals surface area contributed by atoms with Crippen LogP contribution in [-0.2, 0) is 4.79 Å². The Morgan fingerprint density at radius 1 is 1.18 bits per heavy atom. The molecule has 0 aliphatic heterocycles. The number of methoxy groups -OCH3 is 1. The number of hydrogen-bond acceptors (Lipinski definition) is 5. The Labute approximate surface area is 173 Å². The van der Waals surface area contributed by atoms with E-state index in [9.17, 15) is 4.79 Å². The fourth-order valence-corrected chi connectivity index (χ4v) is 3.93. The molecule has 3 rings (SSSR count). The van der Waals surface area contributed by atoms with Crippen molar-refractivity contribution >= 4 is 40.2 Å². The third-order valence-corrected chi connectivity index (χ3v) is 5.88. The summed E-state index contributed by atoms with van der Waals surface area (Å²) in [6, 6.07) is 15.9. The van der Waals surface area contributed by atoms with Gasteiger partial charge in [0.15, 0.2) is 5.13 Å². The Kier molecular flexibility index (Phi) is 7.28. The average Bonchev–Trinajstić information content (AvgIpc) is 3.20. The van der Waals surface area contributed by atoms with E-state index in [2.05, 4.69) is 29.4 Å². The number of anilines is 1. The van der Waals surface area contributed by atoms with Gasteiger partial charge in [-0.3, -0.25) is 10.1 Å². The maximum atomic E-state index is 12.2. The first-order valence-corrected chi connectivity index (χ1v) is 10.9. The molecule has 1 heterocycles. The second kappa shape index (κ2) is 10.1. The lowest BCUT2D eigenvalue weighted by molar-refractivity contribution is -0.111. The van der Waals surface area contributed by atoms with Gasteiger partial charge < -0.3 is 4.74 Å². The summed E-state index contributed by atoms with van der Waals surface area (Å²) in [5, 5.41) is 5.32. The smallest absolute Gasteiger partial charge is 0.250 e. The van der Waals surface area contributed by atoms with Crippen molar-refractivity contribution in [3.05, 3.63) is 65.6 Å². The van der Waals surface area contributed by atoms with E-state index in [4.69, 9.17) is 4.74 Å². The Morgan fingerprint density at radius 3 is 2.61 bits per heavy atom. The number of aromatic nitrogens is 1. The van der Waals surface area contributed by atoms with Gasteiger partial charge in [0.1, 0.15) is 5.75 Å². The molecular formula is C22H22N2O2S2. The molecule has 0 radical (unpaired) electrons. The van der Waals surface area contributed by atoms with Crippen molar-refractivity contribution in [2.45, 2.75) is 18.2 Å². The minimum Gasteiger partial charge on any atom is -0.497 e. The molecule has 1 N–H and O–H groups in total. The first-order valence-electron chi connectivity index (χ1n) is 9.00. The van der Waals surface area contributed by atoms with E-state index in [0.29, 0.717) is 5.13 Å². The van der Waals surface area contributed by atoms with Crippen molar-refractivity contribution in [2.75, 3.05) is 18.2 Å². The number of nitrogens with one attached hydrogen (secondary N) is 1. The maximum absolute atomic E-state index is 12.2. The standard InChI is InChI=1S/C22H22N2O2S2/c1-3-14-27-19-11-4-16(5-12-19)6-13-21(25)24-22-23-20(15-28-22)17-7-9-18(26-2)10-8-17/h4-13,15H,3,14H2,1-2H3,(H,23,24,25)/b13-6+. The summed E-state index contributed by atoms with van der Waals surface area (Å²) in [5.41, 5.74) is 2.80. The Balaban J connectivity index is 1.57. The van der Waals surface area contributed by atoms with Crippen LogP contribution >= 0.6 is 23.1 Å². The van der Waals surface area contributed by atoms with Crippen LogP contribution in [0.3, 0.4) is 0 Å². The number of amides is 1. The predicted molar refractivity (Wildman–Crippen MR) is 119 cm³/mol. The number of thioether (sulfide) groups is 1. The summed E-state index contributed by atoms with van der Waals surface area (Å²) in [4.78, 5) is 17.9. The van der Waals surface area contributed by atoms with Crippen molar-refractivity contribution in [3.63, 3.8) is 0 Å². The molecule has 1 aromatic heterocycles. The van der Waals surface area contributed by atoms with Gasteiger partial charge in [-0.15, -0.1) is 23.1 Å². The minimum atomic E-state index is -0.194. The first-order chi connectivity index (χ1) is 13.7. The first kappa shape index (κ1) is 20.2. The molecule has 2 aromatic carbocycles. The number of thiazole rings is 1. The lowest BCUT2D eigenvalue weighted by atomic mass is 10.2. The summed E-state index contributed by atoms with van der Waals surface area (Å²) in [6.45, 7) is 2.17. The van der Waals surface area contributed by atoms with Crippen LogP contribution in [0.1, 0.15) is 18.9 Å². The van der Waals surface area contributed by atoms with E-state index in [1.807, 2.05) is 59.6 Å². The van der Waals surface area contributed by atoms with E-state index >= 15 is 0 Å². The third kappa shape index (κ3) is 5.71. The maximum Gasteiger partial charge on any atom is 0.250 e. The number of hydrogen-bond donors (Lipinski definition) is 1. The van der Waals surface area contributed by atoms with Crippen LogP contribution in [0.25, 0.3) is 17.3 Å². The highest BCUT2D eigenvalue weighted by Crippen LogP contribution is 2.26. The number of carbonyl (C=O) groups excluding carboxylic acids is 1.